The predicted molar refractivity (Wildman–Crippen MR) is 85.3 cm³/mol. The van der Waals surface area contributed by atoms with Gasteiger partial charge in [0, 0.05) is 17.2 Å². The third-order valence-electron chi connectivity index (χ3n) is 3.49. The van der Waals surface area contributed by atoms with Gasteiger partial charge in [0.05, 0.1) is 19.8 Å². The van der Waals surface area contributed by atoms with Gasteiger partial charge in [-0.2, -0.15) is 0 Å². The zero-order chi connectivity index (χ0) is 16.2. The van der Waals surface area contributed by atoms with Crippen LogP contribution in [-0.4, -0.2) is 25.3 Å². The van der Waals surface area contributed by atoms with Gasteiger partial charge in [-0.15, -0.1) is 0 Å². The monoisotopic (exact) mass is 309 g/mol. The molecule has 0 aliphatic carbocycles. The molecule has 5 nitrogen and oxygen atoms in total. The Morgan fingerprint density at radius 1 is 1.04 bits per heavy atom. The molecule has 0 saturated heterocycles. The lowest BCUT2D eigenvalue weighted by molar-refractivity contribution is 0.0601. The van der Waals surface area contributed by atoms with Crippen LogP contribution in [0.2, 0.25) is 0 Å². The highest BCUT2D eigenvalue weighted by molar-refractivity contribution is 5.96. The molecule has 23 heavy (non-hydrogen) atoms. The average molecular weight is 309 g/mol. The Balaban J connectivity index is 1.97. The van der Waals surface area contributed by atoms with Crippen molar-refractivity contribution in [2.24, 2.45) is 0 Å². The van der Waals surface area contributed by atoms with E-state index in [9.17, 15) is 4.79 Å². The van der Waals surface area contributed by atoms with E-state index in [0.717, 1.165) is 11.3 Å². The first-order chi connectivity index (χ1) is 11.2. The largest absolute Gasteiger partial charge is 0.497 e. The van der Waals surface area contributed by atoms with E-state index in [2.05, 4.69) is 5.16 Å². The second-order valence-corrected chi connectivity index (χ2v) is 4.84. The fraction of sp³-hybridized carbons (Fsp3) is 0.111. The van der Waals surface area contributed by atoms with Gasteiger partial charge in [0.2, 0.25) is 0 Å². The minimum Gasteiger partial charge on any atom is -0.497 e. The molecule has 0 bridgehead atoms. The highest BCUT2D eigenvalue weighted by Crippen LogP contribution is 2.29. The highest BCUT2D eigenvalue weighted by Gasteiger charge is 2.16. The van der Waals surface area contributed by atoms with E-state index in [-0.39, 0.29) is 0 Å². The van der Waals surface area contributed by atoms with Crippen LogP contribution in [0.25, 0.3) is 22.6 Å². The van der Waals surface area contributed by atoms with E-state index in [1.54, 1.807) is 25.3 Å². The summed E-state index contributed by atoms with van der Waals surface area (Å²) in [6, 6.07) is 16.4. The van der Waals surface area contributed by atoms with E-state index in [1.807, 2.05) is 36.4 Å². The molecule has 0 amide bonds. The van der Waals surface area contributed by atoms with Gasteiger partial charge in [-0.1, -0.05) is 23.4 Å². The number of esters is 1. The second-order valence-electron chi connectivity index (χ2n) is 4.84. The number of hydrogen-bond donors (Lipinski definition) is 0. The third-order valence-corrected chi connectivity index (χ3v) is 3.49. The first-order valence-electron chi connectivity index (χ1n) is 7.02. The lowest BCUT2D eigenvalue weighted by Crippen LogP contribution is -2.03. The zero-order valence-corrected chi connectivity index (χ0v) is 12.8. The number of carbonyl (C=O) groups is 1. The Morgan fingerprint density at radius 2 is 1.78 bits per heavy atom. The maximum Gasteiger partial charge on any atom is 0.338 e. The Kier molecular flexibility index (Phi) is 4.10. The summed E-state index contributed by atoms with van der Waals surface area (Å²) in [5, 5.41) is 4.07. The summed E-state index contributed by atoms with van der Waals surface area (Å²) in [4.78, 5) is 11.9. The molecule has 5 heteroatoms. The van der Waals surface area contributed by atoms with Gasteiger partial charge in [-0.05, 0) is 30.3 Å². The molecular formula is C18H15NO4. The maximum atomic E-state index is 11.9. The summed E-state index contributed by atoms with van der Waals surface area (Å²) in [5.74, 6) is 0.974. The quantitative estimate of drug-likeness (QED) is 0.686. The molecule has 1 aromatic heterocycles. The molecule has 3 aromatic rings. The Morgan fingerprint density at radius 3 is 2.48 bits per heavy atom. The van der Waals surface area contributed by atoms with Gasteiger partial charge < -0.3 is 14.0 Å². The van der Waals surface area contributed by atoms with Crippen molar-refractivity contribution < 1.29 is 18.8 Å². The Bertz CT molecular complexity index is 821. The topological polar surface area (TPSA) is 61.6 Å². The maximum absolute atomic E-state index is 11.9. The fourth-order valence-electron chi connectivity index (χ4n) is 2.29. The molecule has 0 aliphatic rings. The van der Waals surface area contributed by atoms with Crippen LogP contribution in [0.5, 0.6) is 5.75 Å². The smallest absolute Gasteiger partial charge is 0.338 e. The van der Waals surface area contributed by atoms with Crippen LogP contribution in [0.1, 0.15) is 10.4 Å². The minimum absolute atomic E-state index is 0.408. The number of ether oxygens (including phenoxy) is 2. The Hall–Kier alpha value is -3.08. The summed E-state index contributed by atoms with van der Waals surface area (Å²) < 4.78 is 15.3. The number of hydrogen-bond acceptors (Lipinski definition) is 5. The van der Waals surface area contributed by atoms with E-state index in [1.165, 1.54) is 7.11 Å². The zero-order valence-electron chi connectivity index (χ0n) is 12.8. The van der Waals surface area contributed by atoms with E-state index < -0.39 is 5.97 Å². The van der Waals surface area contributed by atoms with Crippen molar-refractivity contribution in [3.8, 4) is 28.3 Å². The standard InChI is InChI=1S/C18H15NO4/c1-21-13-9-7-12(8-10-13)17-11-16(19-23-17)14-5-3-4-6-15(14)18(20)22-2/h3-11H,1-2H3. The van der Waals surface area contributed by atoms with Gasteiger partial charge in [-0.3, -0.25) is 0 Å². The summed E-state index contributed by atoms with van der Waals surface area (Å²) in [7, 11) is 2.97. The van der Waals surface area contributed by atoms with Crippen LogP contribution in [0, 0.1) is 0 Å². The Labute approximate surface area is 133 Å². The van der Waals surface area contributed by atoms with Crippen molar-refractivity contribution in [2.75, 3.05) is 14.2 Å². The van der Waals surface area contributed by atoms with Crippen LogP contribution in [-0.2, 0) is 4.74 Å². The van der Waals surface area contributed by atoms with E-state index in [4.69, 9.17) is 14.0 Å². The number of carbonyl (C=O) groups excluding carboxylic acids is 1. The summed E-state index contributed by atoms with van der Waals surface area (Å²) >= 11 is 0. The number of aromatic nitrogens is 1. The van der Waals surface area contributed by atoms with Crippen molar-refractivity contribution in [2.45, 2.75) is 0 Å². The predicted octanol–water partition coefficient (Wildman–Crippen LogP) is 3.80. The van der Waals surface area contributed by atoms with Crippen molar-refractivity contribution in [1.29, 1.82) is 0 Å². The SMILES string of the molecule is COC(=O)c1ccccc1-c1cc(-c2ccc(OC)cc2)on1. The molecule has 0 aliphatic heterocycles. The summed E-state index contributed by atoms with van der Waals surface area (Å²) in [6.07, 6.45) is 0. The highest BCUT2D eigenvalue weighted by atomic mass is 16.5. The van der Waals surface area contributed by atoms with Crippen molar-refractivity contribution in [3.05, 3.63) is 60.2 Å². The fourth-order valence-corrected chi connectivity index (χ4v) is 2.29. The molecule has 1 heterocycles. The molecule has 3 rings (SSSR count). The third kappa shape index (κ3) is 2.94. The van der Waals surface area contributed by atoms with Crippen molar-refractivity contribution >= 4 is 5.97 Å². The molecule has 116 valence electrons. The molecule has 0 saturated carbocycles. The summed E-state index contributed by atoms with van der Waals surface area (Å²) in [6.45, 7) is 0. The number of rotatable bonds is 4. The van der Waals surface area contributed by atoms with Gasteiger partial charge in [0.15, 0.2) is 5.76 Å². The average Bonchev–Trinajstić information content (AvgIpc) is 3.11. The van der Waals surface area contributed by atoms with Crippen LogP contribution >= 0.6 is 0 Å². The lowest BCUT2D eigenvalue weighted by atomic mass is 10.0. The van der Waals surface area contributed by atoms with Crippen LogP contribution in [0.3, 0.4) is 0 Å². The van der Waals surface area contributed by atoms with Crippen molar-refractivity contribution in [3.63, 3.8) is 0 Å². The van der Waals surface area contributed by atoms with Crippen molar-refractivity contribution in [1.82, 2.24) is 5.16 Å². The van der Waals surface area contributed by atoms with Gasteiger partial charge in [-0.25, -0.2) is 4.79 Å². The molecule has 0 atom stereocenters. The van der Waals surface area contributed by atoms with E-state index >= 15 is 0 Å². The van der Waals surface area contributed by atoms with Crippen LogP contribution in [0.4, 0.5) is 0 Å². The normalized spacial score (nSPS) is 10.3. The molecular weight excluding hydrogens is 294 g/mol. The first-order valence-corrected chi connectivity index (χ1v) is 7.02. The molecule has 0 unspecified atom stereocenters. The number of methoxy groups -OCH3 is 2. The molecule has 2 aromatic carbocycles. The summed E-state index contributed by atoms with van der Waals surface area (Å²) in [5.41, 5.74) is 2.57. The van der Waals surface area contributed by atoms with Gasteiger partial charge >= 0.3 is 5.97 Å². The van der Waals surface area contributed by atoms with Crippen LogP contribution < -0.4 is 4.74 Å². The molecule has 0 radical (unpaired) electrons. The van der Waals surface area contributed by atoms with Crippen LogP contribution in [0.15, 0.2) is 59.1 Å². The molecule has 0 fully saturated rings. The first kappa shape index (κ1) is 14.8. The van der Waals surface area contributed by atoms with Gasteiger partial charge in [0.25, 0.3) is 0 Å². The molecule has 0 spiro atoms. The second kappa shape index (κ2) is 6.36. The van der Waals surface area contributed by atoms with Gasteiger partial charge in [0.1, 0.15) is 11.4 Å². The number of nitrogens with zero attached hydrogens (tertiary/aromatic N) is 1. The van der Waals surface area contributed by atoms with E-state index in [0.29, 0.717) is 22.6 Å². The lowest BCUT2D eigenvalue weighted by Gasteiger charge is -2.03. The molecule has 0 N–H and O–H groups in total. The number of benzene rings is 2. The minimum atomic E-state index is -0.408.